The summed E-state index contributed by atoms with van der Waals surface area (Å²) in [5.74, 6) is 0.925. The molecule has 4 N–H and O–H groups in total. The molecule has 6 nitrogen and oxygen atoms in total. The number of hydrogen-bond acceptors (Lipinski definition) is 6. The number of hydrogen-bond donors (Lipinski definition) is 4. The first-order valence-electron chi connectivity index (χ1n) is 10.00. The fraction of sp³-hybridized carbons (Fsp3) is 0.810. The first kappa shape index (κ1) is 22.5. The minimum Gasteiger partial charge on any atom is -0.394 e. The monoisotopic (exact) mass is 384 g/mol. The first-order valence-corrected chi connectivity index (χ1v) is 10.00. The van der Waals surface area contributed by atoms with Crippen molar-refractivity contribution >= 4 is 0 Å². The summed E-state index contributed by atoms with van der Waals surface area (Å²) in [4.78, 5) is 0. The molecule has 0 aromatic heterocycles. The van der Waals surface area contributed by atoms with Crippen molar-refractivity contribution in [2.45, 2.75) is 89.7 Å². The number of allylic oxidation sites excluding steroid dienone is 3. The average Bonchev–Trinajstić information content (AvgIpc) is 2.61. The van der Waals surface area contributed by atoms with Crippen molar-refractivity contribution in [3.8, 4) is 0 Å². The van der Waals surface area contributed by atoms with Gasteiger partial charge < -0.3 is 29.9 Å². The van der Waals surface area contributed by atoms with E-state index >= 15 is 0 Å². The number of rotatable bonds is 4. The minimum atomic E-state index is -1.43. The molecule has 156 valence electrons. The van der Waals surface area contributed by atoms with Crippen LogP contribution in [0.4, 0.5) is 0 Å². The molecule has 1 saturated heterocycles. The quantitative estimate of drug-likeness (QED) is 0.553. The third kappa shape index (κ3) is 5.86. The highest BCUT2D eigenvalue weighted by Gasteiger charge is 2.46. The molecule has 6 heteroatoms. The second-order valence-corrected chi connectivity index (χ2v) is 8.52. The molecular formula is C21H36O6. The Morgan fingerprint density at radius 2 is 1.93 bits per heavy atom. The van der Waals surface area contributed by atoms with Gasteiger partial charge in [-0.25, -0.2) is 0 Å². The van der Waals surface area contributed by atoms with Gasteiger partial charge in [-0.05, 0) is 51.4 Å². The van der Waals surface area contributed by atoms with Crippen LogP contribution >= 0.6 is 0 Å². The van der Waals surface area contributed by atoms with E-state index in [1.807, 2.05) is 13.0 Å². The van der Waals surface area contributed by atoms with E-state index in [0.29, 0.717) is 18.3 Å². The van der Waals surface area contributed by atoms with Gasteiger partial charge in [-0.2, -0.15) is 0 Å². The summed E-state index contributed by atoms with van der Waals surface area (Å²) in [5, 5.41) is 39.6. The summed E-state index contributed by atoms with van der Waals surface area (Å²) < 4.78 is 11.6. The zero-order valence-corrected chi connectivity index (χ0v) is 16.9. The van der Waals surface area contributed by atoms with E-state index in [1.54, 1.807) is 0 Å². The normalized spacial score (nSPS) is 44.6. The van der Waals surface area contributed by atoms with Gasteiger partial charge in [0, 0.05) is 0 Å². The van der Waals surface area contributed by atoms with Gasteiger partial charge >= 0.3 is 0 Å². The van der Waals surface area contributed by atoms with Crippen LogP contribution in [0.25, 0.3) is 0 Å². The van der Waals surface area contributed by atoms with Crippen LogP contribution in [0.3, 0.4) is 0 Å². The summed E-state index contributed by atoms with van der Waals surface area (Å²) >= 11 is 0. The number of ether oxygens (including phenoxy) is 2. The standard InChI is InChI=1S/C21H36O6/c1-13(2)15-8-7-14(3)6-5-10-21(4,11-9-15)27-20-19(25)18(24)17(23)16(12-22)26-20/h6,9,11,13,15-20,22-25H,5,7-8,10,12H2,1-4H3/b11-9+,14-6+/t15-,16-,17-,18+,19-,20+,21-/m1/s1. The number of aliphatic hydroxyl groups is 4. The summed E-state index contributed by atoms with van der Waals surface area (Å²) in [7, 11) is 0. The van der Waals surface area contributed by atoms with Crippen LogP contribution in [0.1, 0.15) is 53.4 Å². The third-order valence-electron chi connectivity index (χ3n) is 5.79. The van der Waals surface area contributed by atoms with Crippen molar-refractivity contribution < 1.29 is 29.9 Å². The molecule has 0 bridgehead atoms. The van der Waals surface area contributed by atoms with Gasteiger partial charge in [0.2, 0.25) is 0 Å². The van der Waals surface area contributed by atoms with Crippen molar-refractivity contribution in [1.29, 1.82) is 0 Å². The maximum absolute atomic E-state index is 10.3. The molecule has 1 aliphatic carbocycles. The largest absolute Gasteiger partial charge is 0.394 e. The SMILES string of the molecule is C/C1=C\CC[C@@](C)(O[C@@H]2O[C@H](CO)[C@@H](O)[C@H](O)[C@H]2O)/C=C/[C@H](C(C)C)CC1. The fourth-order valence-electron chi connectivity index (χ4n) is 3.69. The van der Waals surface area contributed by atoms with Crippen LogP contribution in [-0.2, 0) is 9.47 Å². The smallest absolute Gasteiger partial charge is 0.187 e. The van der Waals surface area contributed by atoms with Crippen LogP contribution in [0.15, 0.2) is 23.8 Å². The lowest BCUT2D eigenvalue weighted by molar-refractivity contribution is -0.319. The highest BCUT2D eigenvalue weighted by molar-refractivity contribution is 5.08. The van der Waals surface area contributed by atoms with Crippen LogP contribution in [-0.4, -0.2) is 63.3 Å². The Morgan fingerprint density at radius 3 is 2.56 bits per heavy atom. The summed E-state index contributed by atoms with van der Waals surface area (Å²) in [6.07, 6.45) is 3.84. The van der Waals surface area contributed by atoms with Gasteiger partial charge in [0.05, 0.1) is 12.2 Å². The van der Waals surface area contributed by atoms with E-state index in [4.69, 9.17) is 9.47 Å². The average molecular weight is 385 g/mol. The third-order valence-corrected chi connectivity index (χ3v) is 5.79. The van der Waals surface area contributed by atoms with Gasteiger partial charge in [-0.1, -0.05) is 37.6 Å². The van der Waals surface area contributed by atoms with E-state index in [2.05, 4.69) is 32.9 Å². The molecule has 2 aliphatic rings. The lowest BCUT2D eigenvalue weighted by atomic mass is 9.85. The highest BCUT2D eigenvalue weighted by Crippen LogP contribution is 2.32. The van der Waals surface area contributed by atoms with Gasteiger partial charge in [-0.3, -0.25) is 0 Å². The number of aliphatic hydroxyl groups excluding tert-OH is 4. The van der Waals surface area contributed by atoms with Gasteiger partial charge in [0.25, 0.3) is 0 Å². The zero-order valence-electron chi connectivity index (χ0n) is 16.9. The molecule has 0 amide bonds. The lowest BCUT2D eigenvalue weighted by Gasteiger charge is -2.43. The molecule has 0 saturated carbocycles. The molecular weight excluding hydrogens is 348 g/mol. The predicted molar refractivity (Wildman–Crippen MR) is 103 cm³/mol. The van der Waals surface area contributed by atoms with Gasteiger partial charge in [0.1, 0.15) is 24.4 Å². The summed E-state index contributed by atoms with van der Waals surface area (Å²) in [5.41, 5.74) is 0.667. The molecule has 1 heterocycles. The van der Waals surface area contributed by atoms with Gasteiger partial charge in [-0.15, -0.1) is 0 Å². The highest BCUT2D eigenvalue weighted by atomic mass is 16.7. The lowest BCUT2D eigenvalue weighted by Crippen LogP contribution is -2.60. The predicted octanol–water partition coefficient (Wildman–Crippen LogP) is 1.91. The molecule has 0 aromatic carbocycles. The van der Waals surface area contributed by atoms with E-state index in [1.165, 1.54) is 5.57 Å². The molecule has 0 radical (unpaired) electrons. The van der Waals surface area contributed by atoms with Crippen LogP contribution in [0, 0.1) is 11.8 Å². The van der Waals surface area contributed by atoms with E-state index in [0.717, 1.165) is 19.3 Å². The Balaban J connectivity index is 2.20. The first-order chi connectivity index (χ1) is 12.7. The van der Waals surface area contributed by atoms with Crippen molar-refractivity contribution in [1.82, 2.24) is 0 Å². The Kier molecular flexibility index (Phi) is 8.04. The van der Waals surface area contributed by atoms with Crippen LogP contribution < -0.4 is 0 Å². The fourth-order valence-corrected chi connectivity index (χ4v) is 3.69. The molecule has 1 aliphatic heterocycles. The summed E-state index contributed by atoms with van der Waals surface area (Å²) in [6, 6.07) is 0. The second-order valence-electron chi connectivity index (χ2n) is 8.52. The van der Waals surface area contributed by atoms with Crippen molar-refractivity contribution in [3.05, 3.63) is 23.8 Å². The Bertz CT molecular complexity index is 529. The van der Waals surface area contributed by atoms with Crippen molar-refractivity contribution in [3.63, 3.8) is 0 Å². The van der Waals surface area contributed by atoms with Crippen LogP contribution in [0.5, 0.6) is 0 Å². The zero-order chi connectivity index (χ0) is 20.2. The maximum atomic E-state index is 10.3. The molecule has 0 aromatic rings. The molecule has 27 heavy (non-hydrogen) atoms. The van der Waals surface area contributed by atoms with E-state index in [9.17, 15) is 20.4 Å². The van der Waals surface area contributed by atoms with E-state index < -0.39 is 42.9 Å². The Labute approximate surface area is 162 Å². The van der Waals surface area contributed by atoms with Crippen LogP contribution in [0.2, 0.25) is 0 Å². The maximum Gasteiger partial charge on any atom is 0.187 e. The van der Waals surface area contributed by atoms with E-state index in [-0.39, 0.29) is 0 Å². The summed E-state index contributed by atoms with van der Waals surface area (Å²) in [6.45, 7) is 8.03. The molecule has 0 spiro atoms. The van der Waals surface area contributed by atoms with Crippen molar-refractivity contribution in [2.75, 3.05) is 6.61 Å². The molecule has 2 rings (SSSR count). The minimum absolute atomic E-state index is 0.421. The van der Waals surface area contributed by atoms with Gasteiger partial charge in [0.15, 0.2) is 6.29 Å². The van der Waals surface area contributed by atoms with Crippen molar-refractivity contribution in [2.24, 2.45) is 11.8 Å². The Morgan fingerprint density at radius 1 is 1.22 bits per heavy atom. The molecule has 7 atom stereocenters. The second kappa shape index (κ2) is 9.63. The molecule has 1 fully saturated rings. The topological polar surface area (TPSA) is 99.4 Å². The molecule has 0 unspecified atom stereocenters. The Hall–Kier alpha value is -0.760.